The summed E-state index contributed by atoms with van der Waals surface area (Å²) in [4.78, 5) is 22.3. The second-order valence-corrected chi connectivity index (χ2v) is 3.64. The number of aromatic nitrogens is 2. The average Bonchev–Trinajstić information content (AvgIpc) is 2.31. The van der Waals surface area contributed by atoms with Crippen LogP contribution in [0.4, 0.5) is 0 Å². The number of para-hydroxylation sites is 1. The van der Waals surface area contributed by atoms with E-state index >= 15 is 0 Å². The van der Waals surface area contributed by atoms with Gasteiger partial charge < -0.3 is 5.11 Å². The van der Waals surface area contributed by atoms with Crippen LogP contribution in [-0.2, 0) is 0 Å². The lowest BCUT2D eigenvalue weighted by Gasteiger charge is -2.07. The zero-order valence-corrected chi connectivity index (χ0v) is 9.26. The van der Waals surface area contributed by atoms with Gasteiger partial charge in [0.25, 0.3) is 5.56 Å². The molecule has 1 aromatic carbocycles. The minimum atomic E-state index is -0.568. The average molecular weight is 251 g/mol. The summed E-state index contributed by atoms with van der Waals surface area (Å²) in [6, 6.07) is 7.49. The van der Waals surface area contributed by atoms with Crippen LogP contribution in [0.1, 0.15) is 10.5 Å². The number of aldehydes is 1. The number of hydrogen-bond acceptors (Lipinski definition) is 4. The summed E-state index contributed by atoms with van der Waals surface area (Å²) in [5, 5.41) is 13.3. The van der Waals surface area contributed by atoms with E-state index in [1.165, 1.54) is 0 Å². The number of carbonyl (C=O) groups excluding carboxylic acids is 1. The number of halogens is 1. The highest BCUT2D eigenvalue weighted by molar-refractivity contribution is 6.32. The van der Waals surface area contributed by atoms with Crippen LogP contribution in [0, 0.1) is 0 Å². The van der Waals surface area contributed by atoms with E-state index in [9.17, 15) is 14.7 Å². The predicted octanol–water partition coefficient (Wildman–Crippen LogP) is 1.40. The molecule has 0 saturated heterocycles. The third-order valence-corrected chi connectivity index (χ3v) is 2.45. The Labute approximate surface area is 101 Å². The first kappa shape index (κ1) is 11.3. The van der Waals surface area contributed by atoms with Crippen LogP contribution in [0.3, 0.4) is 0 Å². The van der Waals surface area contributed by atoms with Crippen LogP contribution in [0.2, 0.25) is 5.02 Å². The summed E-state index contributed by atoms with van der Waals surface area (Å²) >= 11 is 5.92. The molecular formula is C11H7ClN2O3. The van der Waals surface area contributed by atoms with Gasteiger partial charge in [0, 0.05) is 6.07 Å². The van der Waals surface area contributed by atoms with Crippen molar-refractivity contribution >= 4 is 17.9 Å². The van der Waals surface area contributed by atoms with Gasteiger partial charge in [-0.25, -0.2) is 0 Å². The summed E-state index contributed by atoms with van der Waals surface area (Å²) in [6.07, 6.45) is 0.363. The van der Waals surface area contributed by atoms with Crippen molar-refractivity contribution in [3.63, 3.8) is 0 Å². The molecule has 17 heavy (non-hydrogen) atoms. The predicted molar refractivity (Wildman–Crippen MR) is 61.9 cm³/mol. The lowest BCUT2D eigenvalue weighted by molar-refractivity contribution is 0.111. The maximum absolute atomic E-state index is 11.6. The maximum Gasteiger partial charge on any atom is 0.275 e. The fraction of sp³-hybridized carbons (Fsp3) is 0. The minimum Gasteiger partial charge on any atom is -0.505 e. The molecule has 1 aromatic heterocycles. The molecule has 0 aliphatic carbocycles. The molecule has 0 saturated carbocycles. The molecule has 0 radical (unpaired) electrons. The van der Waals surface area contributed by atoms with Crippen molar-refractivity contribution < 1.29 is 9.90 Å². The Morgan fingerprint density at radius 1 is 1.35 bits per heavy atom. The van der Waals surface area contributed by atoms with E-state index in [0.717, 1.165) is 10.7 Å². The molecule has 5 nitrogen and oxygen atoms in total. The van der Waals surface area contributed by atoms with E-state index < -0.39 is 11.3 Å². The molecule has 0 aliphatic rings. The van der Waals surface area contributed by atoms with Gasteiger partial charge in [-0.15, -0.1) is 0 Å². The number of nitrogens with zero attached hydrogens (tertiary/aromatic N) is 2. The summed E-state index contributed by atoms with van der Waals surface area (Å²) < 4.78 is 0.964. The second-order valence-electron chi connectivity index (χ2n) is 3.23. The van der Waals surface area contributed by atoms with Crippen LogP contribution in [0.5, 0.6) is 5.75 Å². The van der Waals surface area contributed by atoms with Crippen molar-refractivity contribution in [3.8, 4) is 11.4 Å². The number of carbonyl (C=O) groups is 1. The molecule has 0 unspecified atom stereocenters. The highest BCUT2D eigenvalue weighted by atomic mass is 35.5. The van der Waals surface area contributed by atoms with Crippen LogP contribution in [0.25, 0.3) is 5.69 Å². The van der Waals surface area contributed by atoms with Gasteiger partial charge in [-0.3, -0.25) is 9.59 Å². The van der Waals surface area contributed by atoms with Gasteiger partial charge in [-0.1, -0.05) is 23.7 Å². The number of aromatic hydroxyl groups is 1. The van der Waals surface area contributed by atoms with Gasteiger partial charge in [-0.05, 0) is 12.1 Å². The van der Waals surface area contributed by atoms with E-state index in [-0.39, 0.29) is 5.69 Å². The second kappa shape index (κ2) is 4.39. The number of hydrogen-bond donors (Lipinski definition) is 1. The molecule has 0 aliphatic heterocycles. The summed E-state index contributed by atoms with van der Waals surface area (Å²) in [7, 11) is 0. The Bertz CT molecular complexity index is 637. The summed E-state index contributed by atoms with van der Waals surface area (Å²) in [5.74, 6) is -0.451. The van der Waals surface area contributed by atoms with Crippen molar-refractivity contribution in [1.82, 2.24) is 9.78 Å². The van der Waals surface area contributed by atoms with E-state index in [0.29, 0.717) is 17.0 Å². The van der Waals surface area contributed by atoms with E-state index in [1.54, 1.807) is 24.3 Å². The third-order valence-electron chi connectivity index (χ3n) is 2.13. The van der Waals surface area contributed by atoms with Gasteiger partial charge in [-0.2, -0.15) is 9.78 Å². The van der Waals surface area contributed by atoms with Crippen LogP contribution in [0.15, 0.2) is 35.1 Å². The first-order valence-electron chi connectivity index (χ1n) is 4.67. The Hall–Kier alpha value is -2.14. The molecule has 2 aromatic rings. The van der Waals surface area contributed by atoms with Crippen molar-refractivity contribution in [1.29, 1.82) is 0 Å². The fourth-order valence-corrected chi connectivity index (χ4v) is 1.56. The van der Waals surface area contributed by atoms with Crippen molar-refractivity contribution in [2.24, 2.45) is 0 Å². The van der Waals surface area contributed by atoms with Crippen molar-refractivity contribution in [2.75, 3.05) is 0 Å². The lowest BCUT2D eigenvalue weighted by Crippen LogP contribution is -2.21. The highest BCUT2D eigenvalue weighted by Gasteiger charge is 2.10. The molecule has 1 heterocycles. The first-order chi connectivity index (χ1) is 8.13. The Balaban J connectivity index is 2.72. The summed E-state index contributed by atoms with van der Waals surface area (Å²) in [5.41, 5.74) is -0.437. The zero-order valence-electron chi connectivity index (χ0n) is 8.50. The molecule has 2 rings (SSSR count). The van der Waals surface area contributed by atoms with Gasteiger partial charge in [0.05, 0.1) is 10.7 Å². The van der Waals surface area contributed by atoms with E-state index in [4.69, 9.17) is 11.6 Å². The normalized spacial score (nSPS) is 10.2. The molecule has 0 atom stereocenters. The monoisotopic (exact) mass is 250 g/mol. The molecule has 0 fully saturated rings. The number of benzene rings is 1. The number of rotatable bonds is 2. The lowest BCUT2D eigenvalue weighted by atomic mass is 10.3. The van der Waals surface area contributed by atoms with E-state index in [1.807, 2.05) is 0 Å². The fourth-order valence-electron chi connectivity index (χ4n) is 1.34. The minimum absolute atomic E-state index is 0.218. The Morgan fingerprint density at radius 3 is 2.71 bits per heavy atom. The Kier molecular flexibility index (Phi) is 2.93. The summed E-state index contributed by atoms with van der Waals surface area (Å²) in [6.45, 7) is 0. The Morgan fingerprint density at radius 2 is 2.06 bits per heavy atom. The molecule has 6 heteroatoms. The highest BCUT2D eigenvalue weighted by Crippen LogP contribution is 2.18. The van der Waals surface area contributed by atoms with Crippen LogP contribution < -0.4 is 5.56 Å². The standard InChI is InChI=1S/C11H7ClN2O3/c12-7-3-1-2-4-9(7)14-11(17)5-10(16)8(6-15)13-14/h1-6,16H. The molecule has 0 bridgehead atoms. The SMILES string of the molecule is O=Cc1nn(-c2ccccc2Cl)c(=O)cc1O. The van der Waals surface area contributed by atoms with E-state index in [2.05, 4.69) is 5.10 Å². The molecular weight excluding hydrogens is 244 g/mol. The topological polar surface area (TPSA) is 72.2 Å². The van der Waals surface area contributed by atoms with Crippen molar-refractivity contribution in [2.45, 2.75) is 0 Å². The van der Waals surface area contributed by atoms with Crippen molar-refractivity contribution in [3.05, 3.63) is 51.4 Å². The van der Waals surface area contributed by atoms with Gasteiger partial charge in [0.15, 0.2) is 17.7 Å². The molecule has 0 spiro atoms. The molecule has 0 amide bonds. The largest absolute Gasteiger partial charge is 0.505 e. The molecule has 86 valence electrons. The van der Waals surface area contributed by atoms with Crippen LogP contribution in [-0.4, -0.2) is 21.2 Å². The third kappa shape index (κ3) is 2.05. The molecule has 1 N–H and O–H groups in total. The van der Waals surface area contributed by atoms with Gasteiger partial charge in [0.1, 0.15) is 0 Å². The van der Waals surface area contributed by atoms with Gasteiger partial charge in [0.2, 0.25) is 0 Å². The first-order valence-corrected chi connectivity index (χ1v) is 5.04. The smallest absolute Gasteiger partial charge is 0.275 e. The zero-order chi connectivity index (χ0) is 12.4. The quantitative estimate of drug-likeness (QED) is 0.818. The van der Waals surface area contributed by atoms with Crippen LogP contribution >= 0.6 is 11.6 Å². The van der Waals surface area contributed by atoms with Gasteiger partial charge >= 0.3 is 0 Å². The maximum atomic E-state index is 11.6.